The highest BCUT2D eigenvalue weighted by Crippen LogP contribution is 2.28. The average Bonchev–Trinajstić information content (AvgIpc) is 3.44. The third-order valence-corrected chi connectivity index (χ3v) is 5.31. The van der Waals surface area contributed by atoms with Crippen molar-refractivity contribution in [2.75, 3.05) is 6.54 Å². The summed E-state index contributed by atoms with van der Waals surface area (Å²) in [4.78, 5) is 16.7. The topological polar surface area (TPSA) is 46.9 Å². The highest BCUT2D eigenvalue weighted by Gasteiger charge is 2.29. The van der Waals surface area contributed by atoms with Gasteiger partial charge >= 0.3 is 0 Å². The predicted octanol–water partition coefficient (Wildman–Crippen LogP) is 4.86. The van der Waals surface area contributed by atoms with Gasteiger partial charge in [-0.05, 0) is 31.4 Å². The molecule has 142 valence electrons. The largest absolute Gasteiger partial charge is 0.355 e. The molecular weight excluding hydrogens is 322 g/mol. The van der Waals surface area contributed by atoms with Gasteiger partial charge in [-0.15, -0.1) is 0 Å². The van der Waals surface area contributed by atoms with Gasteiger partial charge in [-0.2, -0.15) is 0 Å². The molecular formula is C22H33N3O. The van der Waals surface area contributed by atoms with E-state index in [1.54, 1.807) is 0 Å². The molecule has 26 heavy (non-hydrogen) atoms. The van der Waals surface area contributed by atoms with E-state index in [4.69, 9.17) is 4.98 Å². The van der Waals surface area contributed by atoms with E-state index in [0.29, 0.717) is 6.54 Å². The van der Waals surface area contributed by atoms with E-state index in [1.165, 1.54) is 50.5 Å². The number of aryl methyl sites for hydroxylation is 1. The van der Waals surface area contributed by atoms with Crippen molar-refractivity contribution in [2.24, 2.45) is 5.92 Å². The normalized spacial score (nSPS) is 14.0. The summed E-state index contributed by atoms with van der Waals surface area (Å²) in [6.07, 6.45) is 12.1. The lowest BCUT2D eigenvalue weighted by molar-refractivity contribution is -0.122. The Morgan fingerprint density at radius 2 is 1.85 bits per heavy atom. The molecule has 1 aromatic carbocycles. The molecule has 1 saturated carbocycles. The number of carbonyl (C=O) groups is 1. The predicted molar refractivity (Wildman–Crippen MR) is 107 cm³/mol. The number of amides is 1. The van der Waals surface area contributed by atoms with Crippen molar-refractivity contribution in [3.8, 4) is 0 Å². The number of nitrogens with one attached hydrogen (secondary N) is 1. The van der Waals surface area contributed by atoms with Gasteiger partial charge in [0.2, 0.25) is 5.91 Å². The summed E-state index contributed by atoms with van der Waals surface area (Å²) >= 11 is 0. The molecule has 1 aromatic heterocycles. The molecule has 1 heterocycles. The molecule has 0 radical (unpaired) electrons. The fourth-order valence-electron chi connectivity index (χ4n) is 3.58. The van der Waals surface area contributed by atoms with Crippen LogP contribution in [0.3, 0.4) is 0 Å². The molecule has 0 atom stereocenters. The molecule has 4 heteroatoms. The molecule has 1 amide bonds. The number of para-hydroxylation sites is 2. The Balaban J connectivity index is 1.53. The van der Waals surface area contributed by atoms with Crippen molar-refractivity contribution < 1.29 is 4.79 Å². The maximum atomic E-state index is 11.8. The summed E-state index contributed by atoms with van der Waals surface area (Å²) in [5.74, 6) is 1.61. The van der Waals surface area contributed by atoms with Crippen LogP contribution in [-0.2, 0) is 17.8 Å². The van der Waals surface area contributed by atoms with E-state index in [2.05, 4.69) is 35.0 Å². The van der Waals surface area contributed by atoms with Crippen molar-refractivity contribution in [3.05, 3.63) is 30.1 Å². The summed E-state index contributed by atoms with van der Waals surface area (Å²) in [5, 5.41) is 3.07. The molecule has 0 saturated heterocycles. The van der Waals surface area contributed by atoms with Crippen LogP contribution >= 0.6 is 0 Å². The van der Waals surface area contributed by atoms with E-state index in [9.17, 15) is 4.79 Å². The third kappa shape index (κ3) is 5.33. The molecule has 4 nitrogen and oxygen atoms in total. The molecule has 0 spiro atoms. The average molecular weight is 356 g/mol. The second-order valence-corrected chi connectivity index (χ2v) is 7.61. The van der Waals surface area contributed by atoms with Crippen LogP contribution < -0.4 is 5.32 Å². The lowest BCUT2D eigenvalue weighted by Gasteiger charge is -2.10. The van der Waals surface area contributed by atoms with Crippen LogP contribution in [-0.4, -0.2) is 22.0 Å². The third-order valence-electron chi connectivity index (χ3n) is 5.31. The van der Waals surface area contributed by atoms with Crippen molar-refractivity contribution in [1.82, 2.24) is 14.9 Å². The van der Waals surface area contributed by atoms with Crippen LogP contribution in [0, 0.1) is 5.92 Å². The van der Waals surface area contributed by atoms with Crippen molar-refractivity contribution in [3.63, 3.8) is 0 Å². The zero-order chi connectivity index (χ0) is 18.2. The number of hydrogen-bond donors (Lipinski definition) is 1. The molecule has 1 N–H and O–H groups in total. The van der Waals surface area contributed by atoms with Gasteiger partial charge in [0.25, 0.3) is 0 Å². The van der Waals surface area contributed by atoms with Gasteiger partial charge in [0, 0.05) is 25.4 Å². The maximum absolute atomic E-state index is 11.8. The minimum atomic E-state index is 0.222. The Morgan fingerprint density at radius 1 is 1.12 bits per heavy atom. The number of fused-ring (bicyclic) bond motifs is 1. The highest BCUT2D eigenvalue weighted by atomic mass is 16.2. The second kappa shape index (κ2) is 9.75. The van der Waals surface area contributed by atoms with E-state index in [-0.39, 0.29) is 11.8 Å². The SMILES string of the molecule is CCCCCCCCCn1c(CCNC(=O)C2CC2)nc2ccccc21. The van der Waals surface area contributed by atoms with E-state index in [1.807, 2.05) is 6.07 Å². The molecule has 0 aliphatic heterocycles. The fourth-order valence-corrected chi connectivity index (χ4v) is 3.58. The Bertz CT molecular complexity index is 702. The van der Waals surface area contributed by atoms with Gasteiger partial charge in [-0.3, -0.25) is 4.79 Å². The number of benzene rings is 1. The van der Waals surface area contributed by atoms with Gasteiger partial charge in [0.15, 0.2) is 0 Å². The van der Waals surface area contributed by atoms with Crippen LogP contribution in [0.1, 0.15) is 70.5 Å². The first-order chi connectivity index (χ1) is 12.8. The van der Waals surface area contributed by atoms with Crippen molar-refractivity contribution in [2.45, 2.75) is 77.7 Å². The molecule has 1 aliphatic carbocycles. The summed E-state index contributed by atoms with van der Waals surface area (Å²) < 4.78 is 2.37. The van der Waals surface area contributed by atoms with Crippen LogP contribution in [0.15, 0.2) is 24.3 Å². The maximum Gasteiger partial charge on any atom is 0.223 e. The molecule has 0 unspecified atom stereocenters. The molecule has 1 aliphatic rings. The van der Waals surface area contributed by atoms with Crippen LogP contribution in [0.4, 0.5) is 0 Å². The van der Waals surface area contributed by atoms with E-state index in [0.717, 1.165) is 37.1 Å². The first-order valence-electron chi connectivity index (χ1n) is 10.5. The Morgan fingerprint density at radius 3 is 2.62 bits per heavy atom. The van der Waals surface area contributed by atoms with Crippen LogP contribution in [0.2, 0.25) is 0 Å². The van der Waals surface area contributed by atoms with Crippen LogP contribution in [0.25, 0.3) is 11.0 Å². The van der Waals surface area contributed by atoms with Gasteiger partial charge in [-0.1, -0.05) is 57.6 Å². The van der Waals surface area contributed by atoms with E-state index >= 15 is 0 Å². The molecule has 2 aromatic rings. The summed E-state index contributed by atoms with van der Waals surface area (Å²) in [6.45, 7) is 3.98. The van der Waals surface area contributed by atoms with Gasteiger partial charge in [-0.25, -0.2) is 4.98 Å². The van der Waals surface area contributed by atoms with Gasteiger partial charge < -0.3 is 9.88 Å². The lowest BCUT2D eigenvalue weighted by Crippen LogP contribution is -2.27. The number of imidazole rings is 1. The monoisotopic (exact) mass is 355 g/mol. The molecule has 3 rings (SSSR count). The summed E-state index contributed by atoms with van der Waals surface area (Å²) in [7, 11) is 0. The van der Waals surface area contributed by atoms with E-state index < -0.39 is 0 Å². The fraction of sp³-hybridized carbons (Fsp3) is 0.636. The first kappa shape index (κ1) is 18.9. The number of nitrogens with zero attached hydrogens (tertiary/aromatic N) is 2. The van der Waals surface area contributed by atoms with Crippen molar-refractivity contribution >= 4 is 16.9 Å². The lowest BCUT2D eigenvalue weighted by atomic mass is 10.1. The Kier molecular flexibility index (Phi) is 7.10. The Hall–Kier alpha value is -1.84. The number of hydrogen-bond acceptors (Lipinski definition) is 2. The highest BCUT2D eigenvalue weighted by molar-refractivity contribution is 5.80. The second-order valence-electron chi connectivity index (χ2n) is 7.61. The number of carbonyl (C=O) groups excluding carboxylic acids is 1. The number of aromatic nitrogens is 2. The van der Waals surface area contributed by atoms with Gasteiger partial charge in [0.05, 0.1) is 11.0 Å². The smallest absolute Gasteiger partial charge is 0.223 e. The quantitative estimate of drug-likeness (QED) is 0.553. The summed E-state index contributed by atoms with van der Waals surface area (Å²) in [5.41, 5.74) is 2.29. The minimum Gasteiger partial charge on any atom is -0.355 e. The van der Waals surface area contributed by atoms with Gasteiger partial charge in [0.1, 0.15) is 5.82 Å². The molecule has 0 bridgehead atoms. The van der Waals surface area contributed by atoms with Crippen LogP contribution in [0.5, 0.6) is 0 Å². The first-order valence-corrected chi connectivity index (χ1v) is 10.5. The zero-order valence-electron chi connectivity index (χ0n) is 16.2. The number of unbranched alkanes of at least 4 members (excludes halogenated alkanes) is 6. The van der Waals surface area contributed by atoms with Crippen molar-refractivity contribution in [1.29, 1.82) is 0 Å². The minimum absolute atomic E-state index is 0.222. The Labute approximate surface area is 157 Å². The number of rotatable bonds is 12. The summed E-state index contributed by atoms with van der Waals surface area (Å²) in [6, 6.07) is 8.38. The zero-order valence-corrected chi connectivity index (χ0v) is 16.2. The standard InChI is InChI=1S/C22H33N3O/c1-2-3-4-5-6-7-10-17-25-20-12-9-8-11-19(20)24-21(25)15-16-23-22(26)18-13-14-18/h8-9,11-12,18H,2-7,10,13-17H2,1H3,(H,23,26). The molecule has 1 fully saturated rings.